The molecule has 0 spiro atoms. The number of hydrogen-bond donors (Lipinski definition) is 1. The Morgan fingerprint density at radius 3 is 2.67 bits per heavy atom. The van der Waals surface area contributed by atoms with Crippen molar-refractivity contribution in [2.24, 2.45) is 0 Å². The number of nitrogens with one attached hydrogen (secondary N) is 1. The first kappa shape index (κ1) is 15.0. The van der Waals surface area contributed by atoms with Crippen LogP contribution in [0.5, 0.6) is 0 Å². The molecule has 0 saturated carbocycles. The number of aromatic nitrogens is 1. The maximum atomic E-state index is 4.64. The molecule has 0 aliphatic heterocycles. The third-order valence-corrected chi connectivity index (χ3v) is 3.31. The van der Waals surface area contributed by atoms with E-state index in [1.807, 2.05) is 0 Å². The molecule has 1 N–H and O–H groups in total. The van der Waals surface area contributed by atoms with Crippen molar-refractivity contribution in [3.05, 3.63) is 23.4 Å². The molecule has 0 aliphatic rings. The molecule has 18 heavy (non-hydrogen) atoms. The van der Waals surface area contributed by atoms with Crippen LogP contribution < -0.4 is 10.2 Å². The molecule has 0 bridgehead atoms. The van der Waals surface area contributed by atoms with Gasteiger partial charge in [0, 0.05) is 25.3 Å². The molecule has 1 heterocycles. The number of nitrogens with zero attached hydrogens (tertiary/aromatic N) is 2. The largest absolute Gasteiger partial charge is 0.357 e. The van der Waals surface area contributed by atoms with E-state index in [2.05, 4.69) is 62.1 Å². The molecule has 1 atom stereocenters. The highest BCUT2D eigenvalue weighted by atomic mass is 15.2. The van der Waals surface area contributed by atoms with Crippen molar-refractivity contribution >= 4 is 5.82 Å². The number of rotatable bonds is 7. The summed E-state index contributed by atoms with van der Waals surface area (Å²) in [5, 5.41) is 3.37. The Morgan fingerprint density at radius 2 is 2.06 bits per heavy atom. The fourth-order valence-electron chi connectivity index (χ4n) is 2.11. The molecule has 3 nitrogen and oxygen atoms in total. The zero-order valence-electron chi connectivity index (χ0n) is 12.5. The lowest BCUT2D eigenvalue weighted by atomic mass is 10.1. The van der Waals surface area contributed by atoms with Crippen LogP contribution in [-0.4, -0.2) is 24.6 Å². The summed E-state index contributed by atoms with van der Waals surface area (Å²) in [4.78, 5) is 6.93. The molecule has 102 valence electrons. The molecule has 0 fully saturated rings. The molecule has 0 radical (unpaired) electrons. The van der Waals surface area contributed by atoms with Crippen LogP contribution in [0, 0.1) is 6.92 Å². The quantitative estimate of drug-likeness (QED) is 0.804. The van der Waals surface area contributed by atoms with E-state index in [-0.39, 0.29) is 0 Å². The van der Waals surface area contributed by atoms with E-state index in [9.17, 15) is 0 Å². The van der Waals surface area contributed by atoms with Gasteiger partial charge in [-0.3, -0.25) is 0 Å². The zero-order chi connectivity index (χ0) is 13.5. The highest BCUT2D eigenvalue weighted by molar-refractivity contribution is 5.42. The predicted molar refractivity (Wildman–Crippen MR) is 79.1 cm³/mol. The summed E-state index contributed by atoms with van der Waals surface area (Å²) in [6, 6.07) is 4.89. The van der Waals surface area contributed by atoms with Crippen molar-refractivity contribution in [2.75, 3.05) is 18.5 Å². The number of pyridine rings is 1. The van der Waals surface area contributed by atoms with Crippen LogP contribution >= 0.6 is 0 Å². The Morgan fingerprint density at radius 1 is 1.33 bits per heavy atom. The minimum absolute atomic E-state index is 0.538. The first-order valence-corrected chi connectivity index (χ1v) is 6.99. The van der Waals surface area contributed by atoms with Crippen LogP contribution in [0.15, 0.2) is 12.1 Å². The molecule has 3 heteroatoms. The fourth-order valence-corrected chi connectivity index (χ4v) is 2.11. The SMILES string of the molecule is CCCC(C)N(C)c1cc(CNCC)cc(C)n1. The molecule has 0 amide bonds. The predicted octanol–water partition coefficient (Wildman–Crippen LogP) is 3.12. The van der Waals surface area contributed by atoms with E-state index in [1.165, 1.54) is 18.4 Å². The molecule has 1 aromatic rings. The Hall–Kier alpha value is -1.09. The van der Waals surface area contributed by atoms with Gasteiger partial charge >= 0.3 is 0 Å². The molecular formula is C15H27N3. The first-order chi connectivity index (χ1) is 8.58. The van der Waals surface area contributed by atoms with Crippen molar-refractivity contribution < 1.29 is 0 Å². The van der Waals surface area contributed by atoms with Crippen molar-refractivity contribution in [3.63, 3.8) is 0 Å². The second-order valence-electron chi connectivity index (χ2n) is 5.00. The van der Waals surface area contributed by atoms with Gasteiger partial charge in [-0.15, -0.1) is 0 Å². The van der Waals surface area contributed by atoms with Crippen molar-refractivity contribution in [3.8, 4) is 0 Å². The smallest absolute Gasteiger partial charge is 0.129 e. The molecule has 0 aromatic carbocycles. The maximum absolute atomic E-state index is 4.64. The summed E-state index contributed by atoms with van der Waals surface area (Å²) in [6.07, 6.45) is 2.41. The third-order valence-electron chi connectivity index (χ3n) is 3.31. The molecule has 0 saturated heterocycles. The Labute approximate surface area is 112 Å². The molecule has 1 aromatic heterocycles. The van der Waals surface area contributed by atoms with E-state index in [1.54, 1.807) is 0 Å². The van der Waals surface area contributed by atoms with Crippen LogP contribution in [0.25, 0.3) is 0 Å². The zero-order valence-corrected chi connectivity index (χ0v) is 12.5. The summed E-state index contributed by atoms with van der Waals surface area (Å²) in [7, 11) is 2.14. The second-order valence-corrected chi connectivity index (χ2v) is 5.00. The number of hydrogen-bond acceptors (Lipinski definition) is 3. The summed E-state index contributed by atoms with van der Waals surface area (Å²) in [5.41, 5.74) is 2.41. The van der Waals surface area contributed by atoms with Crippen LogP contribution in [0.2, 0.25) is 0 Å². The van der Waals surface area contributed by atoms with Gasteiger partial charge in [0.05, 0.1) is 0 Å². The fraction of sp³-hybridized carbons (Fsp3) is 0.667. The van der Waals surface area contributed by atoms with Gasteiger partial charge in [-0.1, -0.05) is 20.3 Å². The normalized spacial score (nSPS) is 12.5. The lowest BCUT2D eigenvalue weighted by Crippen LogP contribution is -2.29. The van der Waals surface area contributed by atoms with Crippen LogP contribution in [-0.2, 0) is 6.54 Å². The summed E-state index contributed by atoms with van der Waals surface area (Å²) in [6.45, 7) is 10.6. The van der Waals surface area contributed by atoms with Gasteiger partial charge in [-0.05, 0) is 44.5 Å². The summed E-state index contributed by atoms with van der Waals surface area (Å²) in [5.74, 6) is 1.09. The Bertz CT molecular complexity index is 363. The highest BCUT2D eigenvalue weighted by Crippen LogP contribution is 2.17. The number of aryl methyl sites for hydroxylation is 1. The number of anilines is 1. The van der Waals surface area contributed by atoms with Gasteiger partial charge in [-0.2, -0.15) is 0 Å². The van der Waals surface area contributed by atoms with Crippen molar-refractivity contribution in [2.45, 2.75) is 53.1 Å². The van der Waals surface area contributed by atoms with Gasteiger partial charge in [0.25, 0.3) is 0 Å². The highest BCUT2D eigenvalue weighted by Gasteiger charge is 2.11. The molecule has 1 rings (SSSR count). The monoisotopic (exact) mass is 249 g/mol. The van der Waals surface area contributed by atoms with E-state index < -0.39 is 0 Å². The minimum atomic E-state index is 0.538. The molecule has 0 aliphatic carbocycles. The topological polar surface area (TPSA) is 28.2 Å². The van der Waals surface area contributed by atoms with E-state index in [4.69, 9.17) is 0 Å². The average molecular weight is 249 g/mol. The Balaban J connectivity index is 2.84. The summed E-state index contributed by atoms with van der Waals surface area (Å²) >= 11 is 0. The van der Waals surface area contributed by atoms with Gasteiger partial charge in [0.1, 0.15) is 5.82 Å². The standard InChI is InChI=1S/C15H27N3/c1-6-8-13(4)18(5)15-10-14(11-16-7-2)9-12(3)17-15/h9-10,13,16H,6-8,11H2,1-5H3. The summed E-state index contributed by atoms with van der Waals surface area (Å²) < 4.78 is 0. The third kappa shape index (κ3) is 4.30. The molecular weight excluding hydrogens is 222 g/mol. The van der Waals surface area contributed by atoms with Crippen molar-refractivity contribution in [1.29, 1.82) is 0 Å². The van der Waals surface area contributed by atoms with Gasteiger partial charge in [-0.25, -0.2) is 4.98 Å². The van der Waals surface area contributed by atoms with Gasteiger partial charge in [0.2, 0.25) is 0 Å². The minimum Gasteiger partial charge on any atom is -0.357 e. The van der Waals surface area contributed by atoms with Crippen LogP contribution in [0.4, 0.5) is 5.82 Å². The lowest BCUT2D eigenvalue weighted by molar-refractivity contribution is 0.610. The molecule has 1 unspecified atom stereocenters. The average Bonchev–Trinajstić information content (AvgIpc) is 2.35. The van der Waals surface area contributed by atoms with E-state index >= 15 is 0 Å². The first-order valence-electron chi connectivity index (χ1n) is 6.99. The second kappa shape index (κ2) is 7.37. The van der Waals surface area contributed by atoms with Gasteiger partial charge < -0.3 is 10.2 Å². The van der Waals surface area contributed by atoms with Crippen LogP contribution in [0.3, 0.4) is 0 Å². The Kier molecular flexibility index (Phi) is 6.13. The van der Waals surface area contributed by atoms with E-state index in [0.717, 1.165) is 24.6 Å². The lowest BCUT2D eigenvalue weighted by Gasteiger charge is -2.26. The maximum Gasteiger partial charge on any atom is 0.129 e. The van der Waals surface area contributed by atoms with Crippen LogP contribution in [0.1, 0.15) is 44.9 Å². The van der Waals surface area contributed by atoms with Gasteiger partial charge in [0.15, 0.2) is 0 Å². The van der Waals surface area contributed by atoms with Crippen molar-refractivity contribution in [1.82, 2.24) is 10.3 Å². The van der Waals surface area contributed by atoms with E-state index in [0.29, 0.717) is 6.04 Å².